The van der Waals surface area contributed by atoms with E-state index >= 15 is 0 Å². The van der Waals surface area contributed by atoms with Crippen molar-refractivity contribution < 1.29 is 22.6 Å². The Kier molecular flexibility index (Phi) is 4.11. The molecule has 0 saturated carbocycles. The monoisotopic (exact) mass is 388 g/mol. The summed E-state index contributed by atoms with van der Waals surface area (Å²) in [6, 6.07) is 11.0. The number of anilines is 1. The van der Waals surface area contributed by atoms with Crippen LogP contribution in [0.2, 0.25) is 0 Å². The highest BCUT2D eigenvalue weighted by Crippen LogP contribution is 2.33. The van der Waals surface area contributed by atoms with E-state index in [1.54, 1.807) is 30.3 Å². The van der Waals surface area contributed by atoms with Gasteiger partial charge in [-0.15, -0.1) is 5.10 Å². The van der Waals surface area contributed by atoms with Crippen LogP contribution in [0.4, 0.5) is 5.82 Å². The molecule has 1 aliphatic rings. The number of nitrogen functional groups attached to an aromatic ring is 1. The van der Waals surface area contributed by atoms with E-state index in [0.29, 0.717) is 36.1 Å². The van der Waals surface area contributed by atoms with Gasteiger partial charge in [0.2, 0.25) is 14.9 Å². The van der Waals surface area contributed by atoms with E-state index in [4.69, 9.17) is 19.9 Å². The van der Waals surface area contributed by atoms with Gasteiger partial charge in [0.1, 0.15) is 19.0 Å². The SMILES string of the molecule is COc1ccc(S(=O)(=O)c2nnn(-c3ccc4c(c3)OCCO4)c2N)cc1. The first kappa shape index (κ1) is 17.2. The molecule has 2 N–H and O–H groups in total. The topological polar surface area (TPSA) is 119 Å². The van der Waals surface area contributed by atoms with Crippen LogP contribution in [0.5, 0.6) is 17.2 Å². The van der Waals surface area contributed by atoms with Gasteiger partial charge in [0.15, 0.2) is 17.3 Å². The molecule has 1 aliphatic heterocycles. The smallest absolute Gasteiger partial charge is 0.229 e. The lowest BCUT2D eigenvalue weighted by Crippen LogP contribution is -2.15. The molecule has 2 heterocycles. The fraction of sp³-hybridized carbons (Fsp3) is 0.176. The Bertz CT molecular complexity index is 1090. The zero-order chi connectivity index (χ0) is 19.0. The fourth-order valence-corrected chi connectivity index (χ4v) is 3.91. The van der Waals surface area contributed by atoms with Gasteiger partial charge in [0, 0.05) is 6.07 Å². The van der Waals surface area contributed by atoms with Crippen molar-refractivity contribution in [3.8, 4) is 22.9 Å². The highest BCUT2D eigenvalue weighted by Gasteiger charge is 2.27. The van der Waals surface area contributed by atoms with E-state index in [1.807, 2.05) is 0 Å². The number of benzene rings is 2. The van der Waals surface area contributed by atoms with Crippen molar-refractivity contribution in [1.29, 1.82) is 0 Å². The van der Waals surface area contributed by atoms with Crippen LogP contribution in [0.3, 0.4) is 0 Å². The minimum Gasteiger partial charge on any atom is -0.497 e. The van der Waals surface area contributed by atoms with Crippen LogP contribution in [0, 0.1) is 0 Å². The summed E-state index contributed by atoms with van der Waals surface area (Å²) in [6.45, 7) is 0.905. The molecule has 0 amide bonds. The Morgan fingerprint density at radius 2 is 1.78 bits per heavy atom. The molecule has 0 radical (unpaired) electrons. The van der Waals surface area contributed by atoms with Crippen molar-refractivity contribution in [2.75, 3.05) is 26.1 Å². The Labute approximate surface area is 155 Å². The third kappa shape index (κ3) is 2.93. The molecule has 3 aromatic rings. The molecule has 0 saturated heterocycles. The minimum atomic E-state index is -3.93. The molecule has 0 aliphatic carbocycles. The van der Waals surface area contributed by atoms with Gasteiger partial charge in [-0.3, -0.25) is 0 Å². The van der Waals surface area contributed by atoms with E-state index in [9.17, 15) is 8.42 Å². The second-order valence-electron chi connectivity index (χ2n) is 5.70. The normalized spacial score (nSPS) is 13.4. The molecule has 4 rings (SSSR count). The second-order valence-corrected chi connectivity index (χ2v) is 7.56. The number of sulfone groups is 1. The molecule has 0 unspecified atom stereocenters. The third-order valence-electron chi connectivity index (χ3n) is 4.07. The fourth-order valence-electron chi connectivity index (χ4n) is 2.69. The first-order chi connectivity index (χ1) is 13.0. The molecule has 140 valence electrons. The summed E-state index contributed by atoms with van der Waals surface area (Å²) in [5.74, 6) is 1.59. The third-order valence-corrected chi connectivity index (χ3v) is 5.76. The first-order valence-corrected chi connectivity index (χ1v) is 9.49. The van der Waals surface area contributed by atoms with Crippen molar-refractivity contribution in [2.24, 2.45) is 0 Å². The molecule has 9 nitrogen and oxygen atoms in total. The maximum absolute atomic E-state index is 12.9. The van der Waals surface area contributed by atoms with Gasteiger partial charge in [0.25, 0.3) is 0 Å². The molecule has 0 spiro atoms. The Morgan fingerprint density at radius 3 is 2.48 bits per heavy atom. The summed E-state index contributed by atoms with van der Waals surface area (Å²) in [4.78, 5) is 0.0456. The van der Waals surface area contributed by atoms with Crippen LogP contribution in [0.25, 0.3) is 5.69 Å². The maximum Gasteiger partial charge on any atom is 0.229 e. The summed E-state index contributed by atoms with van der Waals surface area (Å²) in [5, 5.41) is 7.38. The average molecular weight is 388 g/mol. The van der Waals surface area contributed by atoms with Gasteiger partial charge in [-0.05, 0) is 36.4 Å². The number of nitrogens with two attached hydrogens (primary N) is 1. The van der Waals surface area contributed by atoms with Crippen LogP contribution in [-0.2, 0) is 9.84 Å². The molecule has 27 heavy (non-hydrogen) atoms. The Morgan fingerprint density at radius 1 is 1.07 bits per heavy atom. The van der Waals surface area contributed by atoms with Crippen LogP contribution in [-0.4, -0.2) is 43.7 Å². The number of methoxy groups -OCH3 is 1. The number of fused-ring (bicyclic) bond motifs is 1. The van der Waals surface area contributed by atoms with Gasteiger partial charge in [-0.25, -0.2) is 8.42 Å². The standard InChI is InChI=1S/C17H16N4O5S/c1-24-12-3-5-13(6-4-12)27(22,23)17-16(18)21(20-19-17)11-2-7-14-15(10-11)26-9-8-25-14/h2-7,10H,8-9,18H2,1H3. The highest BCUT2D eigenvalue weighted by molar-refractivity contribution is 7.91. The number of rotatable bonds is 4. The predicted molar refractivity (Wildman–Crippen MR) is 95.2 cm³/mol. The molecule has 1 aromatic heterocycles. The summed E-state index contributed by atoms with van der Waals surface area (Å²) >= 11 is 0. The molecule has 0 atom stereocenters. The van der Waals surface area contributed by atoms with Crippen molar-refractivity contribution in [3.05, 3.63) is 42.5 Å². The largest absolute Gasteiger partial charge is 0.497 e. The highest BCUT2D eigenvalue weighted by atomic mass is 32.2. The van der Waals surface area contributed by atoms with Crippen molar-refractivity contribution in [3.63, 3.8) is 0 Å². The summed E-state index contributed by atoms with van der Waals surface area (Å²) < 4.78 is 43.0. The number of nitrogens with zero attached hydrogens (tertiary/aromatic N) is 3. The van der Waals surface area contributed by atoms with Crippen LogP contribution < -0.4 is 19.9 Å². The van der Waals surface area contributed by atoms with Gasteiger partial charge < -0.3 is 19.9 Å². The quantitative estimate of drug-likeness (QED) is 0.714. The minimum absolute atomic E-state index is 0.0456. The lowest BCUT2D eigenvalue weighted by Gasteiger charge is -2.18. The summed E-state index contributed by atoms with van der Waals surface area (Å²) in [5.41, 5.74) is 6.57. The molecule has 10 heteroatoms. The van der Waals surface area contributed by atoms with Crippen LogP contribution >= 0.6 is 0 Å². The van der Waals surface area contributed by atoms with E-state index in [2.05, 4.69) is 10.3 Å². The van der Waals surface area contributed by atoms with Crippen molar-refractivity contribution in [1.82, 2.24) is 15.0 Å². The number of hydrogen-bond acceptors (Lipinski definition) is 8. The number of hydrogen-bond donors (Lipinski definition) is 1. The average Bonchev–Trinajstić information content (AvgIpc) is 3.10. The van der Waals surface area contributed by atoms with Crippen LogP contribution in [0.1, 0.15) is 0 Å². The number of aromatic nitrogens is 3. The van der Waals surface area contributed by atoms with E-state index in [0.717, 1.165) is 0 Å². The lowest BCUT2D eigenvalue weighted by atomic mass is 10.2. The van der Waals surface area contributed by atoms with Crippen molar-refractivity contribution >= 4 is 15.7 Å². The second kappa shape index (κ2) is 6.47. The zero-order valence-corrected chi connectivity index (χ0v) is 15.1. The summed E-state index contributed by atoms with van der Waals surface area (Å²) in [6.07, 6.45) is 0. The van der Waals surface area contributed by atoms with Crippen LogP contribution in [0.15, 0.2) is 52.4 Å². The van der Waals surface area contributed by atoms with Gasteiger partial charge >= 0.3 is 0 Å². The van der Waals surface area contributed by atoms with E-state index in [1.165, 1.54) is 23.9 Å². The Hall–Kier alpha value is -3.27. The predicted octanol–water partition coefficient (Wildman–Crippen LogP) is 1.46. The molecule has 0 bridgehead atoms. The summed E-state index contributed by atoms with van der Waals surface area (Å²) in [7, 11) is -2.43. The molecule has 0 fully saturated rings. The lowest BCUT2D eigenvalue weighted by molar-refractivity contribution is 0.171. The van der Waals surface area contributed by atoms with E-state index < -0.39 is 9.84 Å². The van der Waals surface area contributed by atoms with E-state index in [-0.39, 0.29) is 15.7 Å². The molecular weight excluding hydrogens is 372 g/mol. The molecular formula is C17H16N4O5S. The van der Waals surface area contributed by atoms with Gasteiger partial charge in [0.05, 0.1) is 17.7 Å². The first-order valence-electron chi connectivity index (χ1n) is 8.01. The Balaban J connectivity index is 1.73. The van der Waals surface area contributed by atoms with Crippen molar-refractivity contribution in [2.45, 2.75) is 9.92 Å². The molecule has 2 aromatic carbocycles. The number of ether oxygens (including phenoxy) is 3. The van der Waals surface area contributed by atoms with Gasteiger partial charge in [-0.2, -0.15) is 4.68 Å². The van der Waals surface area contributed by atoms with Gasteiger partial charge in [-0.1, -0.05) is 5.21 Å². The zero-order valence-electron chi connectivity index (χ0n) is 14.3. The maximum atomic E-state index is 12.9.